The highest BCUT2D eigenvalue weighted by molar-refractivity contribution is 5.88. The average molecular weight is 303 g/mol. The van der Waals surface area contributed by atoms with Gasteiger partial charge in [0.2, 0.25) is 0 Å². The van der Waals surface area contributed by atoms with Gasteiger partial charge in [-0.3, -0.25) is 0 Å². The van der Waals surface area contributed by atoms with Crippen LogP contribution in [0.3, 0.4) is 0 Å². The topological polar surface area (TPSA) is 46.2 Å². The number of hydrogen-bond donors (Lipinski definition) is 2. The lowest BCUT2D eigenvalue weighted by molar-refractivity contribution is 0.253. The first-order valence-corrected chi connectivity index (χ1v) is 8.24. The summed E-state index contributed by atoms with van der Waals surface area (Å²) in [6.07, 6.45) is 3.71. The second-order valence-corrected chi connectivity index (χ2v) is 6.66. The van der Waals surface area contributed by atoms with E-state index >= 15 is 0 Å². The Morgan fingerprint density at radius 3 is 2.13 bits per heavy atom. The van der Waals surface area contributed by atoms with E-state index in [1.165, 1.54) is 36.0 Å². The Bertz CT molecular complexity index is 842. The molecule has 0 spiro atoms. The van der Waals surface area contributed by atoms with E-state index in [0.717, 1.165) is 17.3 Å². The molecule has 3 aromatic rings. The molecule has 0 aromatic heterocycles. The molecule has 0 amide bonds. The van der Waals surface area contributed by atoms with Gasteiger partial charge in [-0.15, -0.1) is 0 Å². The van der Waals surface area contributed by atoms with Crippen molar-refractivity contribution in [3.63, 3.8) is 0 Å². The van der Waals surface area contributed by atoms with Gasteiger partial charge in [0.15, 0.2) is 0 Å². The fraction of sp³-hybridized carbons (Fsp3) is 0.238. The van der Waals surface area contributed by atoms with Gasteiger partial charge < -0.3 is 10.8 Å². The van der Waals surface area contributed by atoms with E-state index in [-0.39, 0.29) is 5.41 Å². The maximum Gasteiger partial charge on any atom is 0.116 e. The fourth-order valence-corrected chi connectivity index (χ4v) is 3.64. The van der Waals surface area contributed by atoms with Crippen molar-refractivity contribution in [3.8, 4) is 16.9 Å². The van der Waals surface area contributed by atoms with Crippen LogP contribution in [0.1, 0.15) is 24.8 Å². The van der Waals surface area contributed by atoms with Crippen molar-refractivity contribution in [1.82, 2.24) is 0 Å². The highest BCUT2D eigenvalue weighted by Crippen LogP contribution is 2.43. The van der Waals surface area contributed by atoms with Crippen molar-refractivity contribution >= 4 is 10.8 Å². The third kappa shape index (κ3) is 2.40. The predicted octanol–water partition coefficient (Wildman–Crippen LogP) is 4.59. The SMILES string of the molecule is NCC1(c2ccc(-c3ccc4cc(O)ccc4c3)cc2)CCC1. The zero-order valence-corrected chi connectivity index (χ0v) is 13.1. The maximum atomic E-state index is 9.57. The van der Waals surface area contributed by atoms with Crippen LogP contribution in [0.15, 0.2) is 60.7 Å². The standard InChI is InChI=1S/C21H21NO/c22-14-21(10-1-11-21)19-7-4-15(5-8-19)16-2-3-18-13-20(23)9-6-17(18)12-16/h2-9,12-13,23H,1,10-11,14,22H2. The van der Waals surface area contributed by atoms with Crippen LogP contribution in [-0.2, 0) is 5.41 Å². The molecule has 2 heteroatoms. The Kier molecular flexibility index (Phi) is 3.35. The highest BCUT2D eigenvalue weighted by Gasteiger charge is 2.36. The van der Waals surface area contributed by atoms with Gasteiger partial charge in [-0.1, -0.05) is 48.9 Å². The summed E-state index contributed by atoms with van der Waals surface area (Å²) in [7, 11) is 0. The monoisotopic (exact) mass is 303 g/mol. The van der Waals surface area contributed by atoms with E-state index < -0.39 is 0 Å². The number of aromatic hydroxyl groups is 1. The molecule has 3 N–H and O–H groups in total. The second-order valence-electron chi connectivity index (χ2n) is 6.66. The van der Waals surface area contributed by atoms with Crippen LogP contribution in [0.25, 0.3) is 21.9 Å². The van der Waals surface area contributed by atoms with Gasteiger partial charge in [0.1, 0.15) is 5.75 Å². The Morgan fingerprint density at radius 2 is 1.48 bits per heavy atom. The van der Waals surface area contributed by atoms with Crippen molar-refractivity contribution < 1.29 is 5.11 Å². The molecule has 1 fully saturated rings. The van der Waals surface area contributed by atoms with Gasteiger partial charge in [0.05, 0.1) is 0 Å². The van der Waals surface area contributed by atoms with Crippen LogP contribution in [0.2, 0.25) is 0 Å². The molecule has 0 radical (unpaired) electrons. The van der Waals surface area contributed by atoms with E-state index in [2.05, 4.69) is 42.5 Å². The summed E-state index contributed by atoms with van der Waals surface area (Å²) in [5.41, 5.74) is 10.0. The summed E-state index contributed by atoms with van der Waals surface area (Å²) >= 11 is 0. The first kappa shape index (κ1) is 14.3. The molecule has 116 valence electrons. The first-order chi connectivity index (χ1) is 11.2. The smallest absolute Gasteiger partial charge is 0.116 e. The van der Waals surface area contributed by atoms with Gasteiger partial charge in [0.25, 0.3) is 0 Å². The molecule has 0 heterocycles. The van der Waals surface area contributed by atoms with Gasteiger partial charge in [-0.2, -0.15) is 0 Å². The predicted molar refractivity (Wildman–Crippen MR) is 95.6 cm³/mol. The Morgan fingerprint density at radius 1 is 0.826 bits per heavy atom. The average Bonchev–Trinajstić information content (AvgIpc) is 2.54. The first-order valence-electron chi connectivity index (χ1n) is 8.24. The van der Waals surface area contributed by atoms with Crippen LogP contribution in [0.5, 0.6) is 5.75 Å². The van der Waals surface area contributed by atoms with E-state index in [4.69, 9.17) is 5.73 Å². The molecule has 0 saturated heterocycles. The van der Waals surface area contributed by atoms with Crippen LogP contribution < -0.4 is 5.73 Å². The molecule has 0 aliphatic heterocycles. The molecule has 2 nitrogen and oxygen atoms in total. The van der Waals surface area contributed by atoms with E-state index in [1.807, 2.05) is 6.07 Å². The van der Waals surface area contributed by atoms with Crippen molar-refractivity contribution in [1.29, 1.82) is 0 Å². The molecule has 0 atom stereocenters. The molecular weight excluding hydrogens is 282 g/mol. The summed E-state index contributed by atoms with van der Waals surface area (Å²) in [6.45, 7) is 0.742. The Hall–Kier alpha value is -2.32. The molecule has 0 bridgehead atoms. The minimum Gasteiger partial charge on any atom is -0.508 e. The normalized spacial score (nSPS) is 16.2. The molecular formula is C21H21NO. The minimum absolute atomic E-state index is 0.222. The van der Waals surface area contributed by atoms with Crippen molar-refractivity contribution in [2.45, 2.75) is 24.7 Å². The minimum atomic E-state index is 0.222. The number of hydrogen-bond acceptors (Lipinski definition) is 2. The zero-order valence-electron chi connectivity index (χ0n) is 13.1. The summed E-state index contributed by atoms with van der Waals surface area (Å²) in [5, 5.41) is 11.8. The number of rotatable bonds is 3. The lowest BCUT2D eigenvalue weighted by Crippen LogP contribution is -2.41. The van der Waals surface area contributed by atoms with E-state index in [0.29, 0.717) is 5.75 Å². The van der Waals surface area contributed by atoms with Crippen LogP contribution in [0, 0.1) is 0 Å². The fourth-order valence-electron chi connectivity index (χ4n) is 3.64. The molecule has 1 aliphatic rings. The summed E-state index contributed by atoms with van der Waals surface area (Å²) in [4.78, 5) is 0. The molecule has 23 heavy (non-hydrogen) atoms. The van der Waals surface area contributed by atoms with Gasteiger partial charge in [-0.25, -0.2) is 0 Å². The van der Waals surface area contributed by atoms with Crippen LogP contribution in [0.4, 0.5) is 0 Å². The lowest BCUT2D eigenvalue weighted by Gasteiger charge is -2.41. The van der Waals surface area contributed by atoms with Crippen molar-refractivity contribution in [2.75, 3.05) is 6.54 Å². The Balaban J connectivity index is 1.69. The number of benzene rings is 3. The lowest BCUT2D eigenvalue weighted by atomic mass is 9.64. The Labute approximate surface area is 136 Å². The molecule has 1 aliphatic carbocycles. The van der Waals surface area contributed by atoms with Crippen LogP contribution >= 0.6 is 0 Å². The number of fused-ring (bicyclic) bond motifs is 1. The molecule has 4 rings (SSSR count). The largest absolute Gasteiger partial charge is 0.508 e. The quantitative estimate of drug-likeness (QED) is 0.743. The van der Waals surface area contributed by atoms with E-state index in [9.17, 15) is 5.11 Å². The molecule has 3 aromatic carbocycles. The van der Waals surface area contributed by atoms with Gasteiger partial charge >= 0.3 is 0 Å². The summed E-state index contributed by atoms with van der Waals surface area (Å²) < 4.78 is 0. The number of phenolic OH excluding ortho intramolecular Hbond substituents is 1. The maximum absolute atomic E-state index is 9.57. The second kappa shape index (κ2) is 5.39. The van der Waals surface area contributed by atoms with Gasteiger partial charge in [0, 0.05) is 12.0 Å². The van der Waals surface area contributed by atoms with Gasteiger partial charge in [-0.05, 0) is 58.5 Å². The van der Waals surface area contributed by atoms with E-state index in [1.54, 1.807) is 12.1 Å². The highest BCUT2D eigenvalue weighted by atomic mass is 16.3. The zero-order chi connectivity index (χ0) is 15.9. The molecule has 1 saturated carbocycles. The van der Waals surface area contributed by atoms with Crippen molar-refractivity contribution in [2.24, 2.45) is 5.73 Å². The van der Waals surface area contributed by atoms with Crippen molar-refractivity contribution in [3.05, 3.63) is 66.2 Å². The third-order valence-corrected chi connectivity index (χ3v) is 5.36. The molecule has 0 unspecified atom stereocenters. The number of phenols is 1. The third-order valence-electron chi connectivity index (χ3n) is 5.36. The summed E-state index contributed by atoms with van der Waals surface area (Å²) in [5.74, 6) is 0.308. The summed E-state index contributed by atoms with van der Waals surface area (Å²) in [6, 6.07) is 20.7. The van der Waals surface area contributed by atoms with Crippen LogP contribution in [-0.4, -0.2) is 11.7 Å². The number of nitrogens with two attached hydrogens (primary N) is 1.